The van der Waals surface area contributed by atoms with Crippen LogP contribution in [-0.2, 0) is 14.3 Å². The number of hydrogen-bond acceptors (Lipinski definition) is 5. The second-order valence-corrected chi connectivity index (χ2v) is 3.97. The van der Waals surface area contributed by atoms with Gasteiger partial charge in [0, 0.05) is 12.8 Å². The first-order valence-electron chi connectivity index (χ1n) is 4.68. The number of esters is 1. The molecule has 6 heteroatoms. The van der Waals surface area contributed by atoms with Gasteiger partial charge in [0.15, 0.2) is 0 Å². The van der Waals surface area contributed by atoms with Gasteiger partial charge in [0.1, 0.15) is 6.54 Å². The van der Waals surface area contributed by atoms with Gasteiger partial charge in [-0.25, -0.2) is 0 Å². The summed E-state index contributed by atoms with van der Waals surface area (Å²) in [4.78, 5) is 23.9. The van der Waals surface area contributed by atoms with Crippen molar-refractivity contribution >= 4 is 23.6 Å². The van der Waals surface area contributed by atoms with E-state index in [9.17, 15) is 9.59 Å². The van der Waals surface area contributed by atoms with Gasteiger partial charge in [0.05, 0.1) is 12.6 Å². The molecule has 0 fully saturated rings. The van der Waals surface area contributed by atoms with Crippen LogP contribution >= 0.6 is 11.8 Å². The van der Waals surface area contributed by atoms with Gasteiger partial charge in [0.2, 0.25) is 5.91 Å². The van der Waals surface area contributed by atoms with Crippen molar-refractivity contribution < 1.29 is 14.3 Å². The second kappa shape index (κ2) is 7.53. The Morgan fingerprint density at radius 1 is 1.53 bits per heavy atom. The van der Waals surface area contributed by atoms with Crippen LogP contribution in [0.1, 0.15) is 6.92 Å². The highest BCUT2D eigenvalue weighted by Crippen LogP contribution is 1.98. The van der Waals surface area contributed by atoms with Crippen LogP contribution in [0.3, 0.4) is 0 Å². The SMILES string of the molecule is CCOC(=O)CN(C)C(=O)C(N)CSC. The largest absolute Gasteiger partial charge is 0.465 e. The standard InChI is InChI=1S/C9H18N2O3S/c1-4-14-8(12)5-11(2)9(13)7(10)6-15-3/h7H,4-6,10H2,1-3H3. The molecular weight excluding hydrogens is 216 g/mol. The number of amides is 1. The predicted octanol–water partition coefficient (Wildman–Crippen LogP) is -0.302. The van der Waals surface area contributed by atoms with Gasteiger partial charge in [-0.2, -0.15) is 11.8 Å². The van der Waals surface area contributed by atoms with E-state index in [1.54, 1.807) is 14.0 Å². The average molecular weight is 234 g/mol. The summed E-state index contributed by atoms with van der Waals surface area (Å²) >= 11 is 1.50. The summed E-state index contributed by atoms with van der Waals surface area (Å²) in [7, 11) is 1.54. The van der Waals surface area contributed by atoms with Crippen molar-refractivity contribution in [3.05, 3.63) is 0 Å². The Morgan fingerprint density at radius 3 is 2.60 bits per heavy atom. The summed E-state index contributed by atoms with van der Waals surface area (Å²) in [5.41, 5.74) is 5.61. The van der Waals surface area contributed by atoms with Crippen molar-refractivity contribution in [1.82, 2.24) is 4.90 Å². The molecule has 0 radical (unpaired) electrons. The van der Waals surface area contributed by atoms with Crippen molar-refractivity contribution in [2.75, 3.05) is 32.2 Å². The van der Waals surface area contributed by atoms with Crippen molar-refractivity contribution in [3.63, 3.8) is 0 Å². The summed E-state index contributed by atoms with van der Waals surface area (Å²) in [5, 5.41) is 0. The lowest BCUT2D eigenvalue weighted by atomic mass is 10.3. The minimum Gasteiger partial charge on any atom is -0.465 e. The first-order chi connectivity index (χ1) is 7.02. The van der Waals surface area contributed by atoms with E-state index in [4.69, 9.17) is 10.5 Å². The lowest BCUT2D eigenvalue weighted by molar-refractivity contribution is -0.148. The Morgan fingerprint density at radius 2 is 2.13 bits per heavy atom. The number of carbonyl (C=O) groups excluding carboxylic acids is 2. The maximum Gasteiger partial charge on any atom is 0.325 e. The first-order valence-corrected chi connectivity index (χ1v) is 6.07. The molecule has 0 bridgehead atoms. The minimum atomic E-state index is -0.556. The van der Waals surface area contributed by atoms with Crippen LogP contribution in [0.5, 0.6) is 0 Å². The molecule has 0 aromatic rings. The van der Waals surface area contributed by atoms with E-state index in [0.717, 1.165) is 0 Å². The van der Waals surface area contributed by atoms with Crippen LogP contribution in [0.25, 0.3) is 0 Å². The molecule has 0 aliphatic carbocycles. The summed E-state index contributed by atoms with van der Waals surface area (Å²) in [5.74, 6) is -0.103. The molecule has 2 N–H and O–H groups in total. The lowest BCUT2D eigenvalue weighted by Gasteiger charge is -2.19. The van der Waals surface area contributed by atoms with Crippen LogP contribution in [0.15, 0.2) is 0 Å². The molecule has 88 valence electrons. The van der Waals surface area contributed by atoms with Gasteiger partial charge in [-0.1, -0.05) is 0 Å². The lowest BCUT2D eigenvalue weighted by Crippen LogP contribution is -2.45. The molecule has 0 aliphatic rings. The highest BCUT2D eigenvalue weighted by atomic mass is 32.2. The third-order valence-corrected chi connectivity index (χ3v) is 2.40. The molecule has 0 aromatic heterocycles. The number of nitrogens with two attached hydrogens (primary N) is 1. The van der Waals surface area contributed by atoms with E-state index in [1.165, 1.54) is 16.7 Å². The normalized spacial score (nSPS) is 12.0. The smallest absolute Gasteiger partial charge is 0.325 e. The molecule has 0 aliphatic heterocycles. The molecular formula is C9H18N2O3S. The number of thioether (sulfide) groups is 1. The zero-order valence-corrected chi connectivity index (χ0v) is 10.2. The number of rotatable bonds is 6. The highest BCUT2D eigenvalue weighted by molar-refractivity contribution is 7.98. The Bertz CT molecular complexity index is 223. The van der Waals surface area contributed by atoms with Gasteiger partial charge in [0.25, 0.3) is 0 Å². The Balaban J connectivity index is 4.03. The summed E-state index contributed by atoms with van der Waals surface area (Å²) in [6.07, 6.45) is 1.87. The number of carbonyl (C=O) groups is 2. The van der Waals surface area contributed by atoms with Crippen molar-refractivity contribution in [2.45, 2.75) is 13.0 Å². The molecule has 1 atom stereocenters. The molecule has 0 rings (SSSR count). The number of nitrogens with zero attached hydrogens (tertiary/aromatic N) is 1. The van der Waals surface area contributed by atoms with Crippen LogP contribution in [0.4, 0.5) is 0 Å². The molecule has 0 saturated carbocycles. The Labute approximate surface area is 94.3 Å². The molecule has 1 amide bonds. The quantitative estimate of drug-likeness (QED) is 0.639. The average Bonchev–Trinajstić information content (AvgIpc) is 2.17. The van der Waals surface area contributed by atoms with E-state index < -0.39 is 12.0 Å². The minimum absolute atomic E-state index is 0.0469. The zero-order chi connectivity index (χ0) is 11.8. The maximum atomic E-state index is 11.6. The zero-order valence-electron chi connectivity index (χ0n) is 9.36. The maximum absolute atomic E-state index is 11.6. The summed E-state index contributed by atoms with van der Waals surface area (Å²) < 4.78 is 4.72. The summed E-state index contributed by atoms with van der Waals surface area (Å²) in [6.45, 7) is 1.99. The number of ether oxygens (including phenoxy) is 1. The van der Waals surface area contributed by atoms with E-state index in [0.29, 0.717) is 12.4 Å². The Hall–Kier alpha value is -0.750. The first kappa shape index (κ1) is 14.2. The van der Waals surface area contributed by atoms with Gasteiger partial charge >= 0.3 is 5.97 Å². The van der Waals surface area contributed by atoms with Gasteiger partial charge in [-0.15, -0.1) is 0 Å². The monoisotopic (exact) mass is 234 g/mol. The topological polar surface area (TPSA) is 72.6 Å². The molecule has 1 unspecified atom stereocenters. The fraction of sp³-hybridized carbons (Fsp3) is 0.778. The van der Waals surface area contributed by atoms with Crippen LogP contribution in [0, 0.1) is 0 Å². The molecule has 0 saturated heterocycles. The highest BCUT2D eigenvalue weighted by Gasteiger charge is 2.19. The second-order valence-electron chi connectivity index (χ2n) is 3.06. The fourth-order valence-electron chi connectivity index (χ4n) is 1.01. The molecule has 15 heavy (non-hydrogen) atoms. The van der Waals surface area contributed by atoms with Crippen molar-refractivity contribution in [2.24, 2.45) is 5.73 Å². The van der Waals surface area contributed by atoms with Gasteiger partial charge in [-0.3, -0.25) is 9.59 Å². The van der Waals surface area contributed by atoms with Crippen LogP contribution in [0.2, 0.25) is 0 Å². The van der Waals surface area contributed by atoms with Crippen LogP contribution in [-0.4, -0.2) is 55.0 Å². The van der Waals surface area contributed by atoms with E-state index >= 15 is 0 Å². The molecule has 5 nitrogen and oxygen atoms in total. The number of likely N-dealkylation sites (N-methyl/N-ethyl adjacent to an activating group) is 1. The van der Waals surface area contributed by atoms with E-state index in [-0.39, 0.29) is 12.5 Å². The van der Waals surface area contributed by atoms with Crippen molar-refractivity contribution in [1.29, 1.82) is 0 Å². The fourth-order valence-corrected chi connectivity index (χ4v) is 1.51. The third-order valence-electron chi connectivity index (χ3n) is 1.71. The predicted molar refractivity (Wildman–Crippen MR) is 60.6 cm³/mol. The third kappa shape index (κ3) is 5.64. The molecule has 0 aromatic carbocycles. The molecule has 0 spiro atoms. The number of hydrogen-bond donors (Lipinski definition) is 1. The van der Waals surface area contributed by atoms with E-state index in [1.807, 2.05) is 6.26 Å². The van der Waals surface area contributed by atoms with Gasteiger partial charge in [-0.05, 0) is 13.2 Å². The van der Waals surface area contributed by atoms with E-state index in [2.05, 4.69) is 0 Å². The van der Waals surface area contributed by atoms with Gasteiger partial charge < -0.3 is 15.4 Å². The Kier molecular flexibility index (Phi) is 7.15. The van der Waals surface area contributed by atoms with Crippen LogP contribution < -0.4 is 5.73 Å². The molecule has 0 heterocycles. The summed E-state index contributed by atoms with van der Waals surface area (Å²) in [6, 6.07) is -0.556. The van der Waals surface area contributed by atoms with Crippen molar-refractivity contribution in [3.8, 4) is 0 Å².